The molecule has 30 heavy (non-hydrogen) atoms. The normalized spacial score (nSPS) is 12.7. The fourth-order valence-corrected chi connectivity index (χ4v) is 4.67. The van der Waals surface area contributed by atoms with Crippen molar-refractivity contribution in [1.82, 2.24) is 0 Å². The van der Waals surface area contributed by atoms with E-state index in [1.165, 1.54) is 99.8 Å². The van der Waals surface area contributed by atoms with Crippen LogP contribution in [0.15, 0.2) is 42.5 Å². The maximum atomic E-state index is 6.64. The van der Waals surface area contributed by atoms with Crippen LogP contribution in [-0.2, 0) is 0 Å². The molecule has 2 nitrogen and oxygen atoms in total. The summed E-state index contributed by atoms with van der Waals surface area (Å²) in [6.45, 7) is 6.68. The topological polar surface area (TPSA) is 57.5 Å². The number of unbranched alkanes of at least 4 members (excludes halogenated alkanes) is 11. The number of hydrogen-bond donors (Lipinski definition) is 1. The zero-order valence-corrected chi connectivity index (χ0v) is 19.9. The highest BCUT2D eigenvalue weighted by Gasteiger charge is 2.27. The number of rotatable bonds is 15. The molecule has 1 atom stereocenters. The molecule has 0 aliphatic rings. The number of fused-ring (bicyclic) bond motifs is 1. The predicted molar refractivity (Wildman–Crippen MR) is 134 cm³/mol. The van der Waals surface area contributed by atoms with E-state index < -0.39 is 0 Å². The molecular formula is C28H47NO. The number of benzene rings is 2. The molecule has 2 heteroatoms. The molecule has 1 unspecified atom stereocenters. The summed E-state index contributed by atoms with van der Waals surface area (Å²) in [5.74, 6) is 0.414. The number of nitrogens with two attached hydrogens (primary N) is 1. The highest BCUT2D eigenvalue weighted by molar-refractivity contribution is 5.86. The average Bonchev–Trinajstić information content (AvgIpc) is 2.70. The molecule has 0 fully saturated rings. The maximum Gasteiger partial charge on any atom is 0.0166 e. The number of hydrogen-bond acceptors (Lipinski definition) is 1. The molecule has 170 valence electrons. The Morgan fingerprint density at radius 1 is 0.700 bits per heavy atom. The Kier molecular flexibility index (Phi) is 13.0. The molecule has 0 amide bonds. The molecule has 4 N–H and O–H groups in total. The SMILES string of the molecule is CCCCCCCCCCCCCCC(c1cccc2ccccc12)C(C)(C)N.O. The van der Waals surface area contributed by atoms with Crippen LogP contribution in [-0.4, -0.2) is 11.0 Å². The molecule has 0 aromatic heterocycles. The average molecular weight is 414 g/mol. The van der Waals surface area contributed by atoms with Crippen LogP contribution in [0.2, 0.25) is 0 Å². The molecule has 0 radical (unpaired) electrons. The van der Waals surface area contributed by atoms with Gasteiger partial charge in [-0.15, -0.1) is 0 Å². The Hall–Kier alpha value is -1.38. The van der Waals surface area contributed by atoms with E-state index in [1.54, 1.807) is 0 Å². The van der Waals surface area contributed by atoms with Crippen LogP contribution in [0.1, 0.15) is 116 Å². The summed E-state index contributed by atoms with van der Waals surface area (Å²) in [7, 11) is 0. The van der Waals surface area contributed by atoms with Gasteiger partial charge in [-0.1, -0.05) is 126 Å². The first-order valence-corrected chi connectivity index (χ1v) is 12.3. The van der Waals surface area contributed by atoms with E-state index in [-0.39, 0.29) is 11.0 Å². The van der Waals surface area contributed by atoms with Gasteiger partial charge in [-0.05, 0) is 36.6 Å². The fourth-order valence-electron chi connectivity index (χ4n) is 4.67. The minimum absolute atomic E-state index is 0. The molecule has 0 aliphatic heterocycles. The van der Waals surface area contributed by atoms with Crippen LogP contribution in [0.3, 0.4) is 0 Å². The zero-order valence-electron chi connectivity index (χ0n) is 19.9. The summed E-state index contributed by atoms with van der Waals surface area (Å²) < 4.78 is 0. The van der Waals surface area contributed by atoms with Crippen molar-refractivity contribution in [2.75, 3.05) is 0 Å². The molecule has 0 aliphatic carbocycles. The van der Waals surface area contributed by atoms with Crippen LogP contribution in [0.5, 0.6) is 0 Å². The maximum absolute atomic E-state index is 6.64. The molecule has 2 rings (SSSR count). The van der Waals surface area contributed by atoms with Crippen LogP contribution in [0.25, 0.3) is 10.8 Å². The van der Waals surface area contributed by atoms with Crippen molar-refractivity contribution in [1.29, 1.82) is 0 Å². The lowest BCUT2D eigenvalue weighted by Crippen LogP contribution is -2.39. The third kappa shape index (κ3) is 9.18. The lowest BCUT2D eigenvalue weighted by Gasteiger charge is -2.32. The van der Waals surface area contributed by atoms with Crippen molar-refractivity contribution in [3.05, 3.63) is 48.0 Å². The van der Waals surface area contributed by atoms with Gasteiger partial charge in [0.2, 0.25) is 0 Å². The van der Waals surface area contributed by atoms with Gasteiger partial charge in [0.25, 0.3) is 0 Å². The summed E-state index contributed by atoms with van der Waals surface area (Å²) >= 11 is 0. The van der Waals surface area contributed by atoms with E-state index in [1.807, 2.05) is 0 Å². The van der Waals surface area contributed by atoms with Crippen molar-refractivity contribution in [3.63, 3.8) is 0 Å². The van der Waals surface area contributed by atoms with Crippen molar-refractivity contribution in [3.8, 4) is 0 Å². The first-order chi connectivity index (χ1) is 14.0. The van der Waals surface area contributed by atoms with Gasteiger partial charge in [0.1, 0.15) is 0 Å². The molecule has 2 aromatic rings. The van der Waals surface area contributed by atoms with Gasteiger partial charge in [0.05, 0.1) is 0 Å². The second-order valence-corrected chi connectivity index (χ2v) is 9.62. The fraction of sp³-hybridized carbons (Fsp3) is 0.643. The van der Waals surface area contributed by atoms with Gasteiger partial charge >= 0.3 is 0 Å². The molecule has 2 aromatic carbocycles. The summed E-state index contributed by atoms with van der Waals surface area (Å²) in [5, 5.41) is 2.70. The van der Waals surface area contributed by atoms with E-state index in [9.17, 15) is 0 Å². The van der Waals surface area contributed by atoms with Gasteiger partial charge in [-0.2, -0.15) is 0 Å². The van der Waals surface area contributed by atoms with Gasteiger partial charge in [0, 0.05) is 11.5 Å². The van der Waals surface area contributed by atoms with E-state index in [0.29, 0.717) is 5.92 Å². The van der Waals surface area contributed by atoms with E-state index >= 15 is 0 Å². The molecule has 0 heterocycles. The molecule has 0 saturated carbocycles. The summed E-state index contributed by atoms with van der Waals surface area (Å²) in [6.07, 6.45) is 18.0. The Morgan fingerprint density at radius 3 is 1.77 bits per heavy atom. The Labute approximate surface area is 186 Å². The van der Waals surface area contributed by atoms with Crippen LogP contribution < -0.4 is 5.73 Å². The van der Waals surface area contributed by atoms with E-state index in [4.69, 9.17) is 5.73 Å². The minimum atomic E-state index is -0.193. The van der Waals surface area contributed by atoms with Gasteiger partial charge in [-0.3, -0.25) is 0 Å². The van der Waals surface area contributed by atoms with Crippen molar-refractivity contribution in [2.45, 2.75) is 116 Å². The Morgan fingerprint density at radius 2 is 1.20 bits per heavy atom. The third-order valence-corrected chi connectivity index (χ3v) is 6.44. The minimum Gasteiger partial charge on any atom is -0.412 e. The molecule has 0 bridgehead atoms. The highest BCUT2D eigenvalue weighted by Crippen LogP contribution is 2.35. The van der Waals surface area contributed by atoms with Gasteiger partial charge in [-0.25, -0.2) is 0 Å². The summed E-state index contributed by atoms with van der Waals surface area (Å²) in [4.78, 5) is 0. The monoisotopic (exact) mass is 413 g/mol. The van der Waals surface area contributed by atoms with Gasteiger partial charge in [0.15, 0.2) is 0 Å². The first-order valence-electron chi connectivity index (χ1n) is 12.3. The van der Waals surface area contributed by atoms with Crippen LogP contribution in [0.4, 0.5) is 0 Å². The lowest BCUT2D eigenvalue weighted by atomic mass is 9.77. The van der Waals surface area contributed by atoms with E-state index in [0.717, 1.165) is 0 Å². The molecule has 0 spiro atoms. The summed E-state index contributed by atoms with van der Waals surface area (Å²) in [6, 6.07) is 15.4. The third-order valence-electron chi connectivity index (χ3n) is 6.44. The zero-order chi connectivity index (χ0) is 21.0. The largest absolute Gasteiger partial charge is 0.412 e. The second kappa shape index (κ2) is 14.6. The second-order valence-electron chi connectivity index (χ2n) is 9.62. The van der Waals surface area contributed by atoms with Crippen LogP contribution >= 0.6 is 0 Å². The van der Waals surface area contributed by atoms with E-state index in [2.05, 4.69) is 63.2 Å². The highest BCUT2D eigenvalue weighted by atomic mass is 16.0. The lowest BCUT2D eigenvalue weighted by molar-refractivity contribution is 0.378. The molecule has 0 saturated heterocycles. The summed E-state index contributed by atoms with van der Waals surface area (Å²) in [5.41, 5.74) is 7.88. The standard InChI is InChI=1S/C28H45N.H2O/c1-4-5-6-7-8-9-10-11-12-13-14-15-23-27(28(2,3)29)26-22-18-20-24-19-16-17-21-25(24)26;/h16-22,27H,4-15,23,29H2,1-3H3;1H2. The van der Waals surface area contributed by atoms with Crippen molar-refractivity contribution in [2.24, 2.45) is 5.73 Å². The quantitative estimate of drug-likeness (QED) is 0.296. The Bertz CT molecular complexity index is 683. The van der Waals surface area contributed by atoms with Crippen molar-refractivity contribution < 1.29 is 5.48 Å². The predicted octanol–water partition coefficient (Wildman–Crippen LogP) is 7.93. The first kappa shape index (κ1) is 26.7. The Balaban J connectivity index is 0.00000450. The molecular weight excluding hydrogens is 366 g/mol. The van der Waals surface area contributed by atoms with Gasteiger partial charge < -0.3 is 11.2 Å². The smallest absolute Gasteiger partial charge is 0.0166 e. The van der Waals surface area contributed by atoms with Crippen LogP contribution in [0, 0.1) is 0 Å². The van der Waals surface area contributed by atoms with Crippen molar-refractivity contribution >= 4 is 10.8 Å².